The summed E-state index contributed by atoms with van der Waals surface area (Å²) in [6, 6.07) is 13.8. The predicted molar refractivity (Wildman–Crippen MR) is 118 cm³/mol. The van der Waals surface area contributed by atoms with Gasteiger partial charge in [-0.2, -0.15) is 0 Å². The van der Waals surface area contributed by atoms with Crippen molar-refractivity contribution < 1.29 is 28.5 Å². The SMILES string of the molecule is COCCOCCOCCOC(c1ccc(C(=O)NN)cc1)c1ccc(C(=O)NN)cc1. The smallest absolute Gasteiger partial charge is 0.265 e. The maximum Gasteiger partial charge on any atom is 0.265 e. The molecule has 2 aromatic carbocycles. The quantitative estimate of drug-likeness (QED) is 0.143. The Bertz CT molecular complexity index is 770. The van der Waals surface area contributed by atoms with Gasteiger partial charge in [0.15, 0.2) is 0 Å². The first-order chi connectivity index (χ1) is 15.6. The number of methoxy groups -OCH3 is 1. The zero-order valence-electron chi connectivity index (χ0n) is 18.0. The van der Waals surface area contributed by atoms with E-state index in [2.05, 4.69) is 10.9 Å². The van der Waals surface area contributed by atoms with Gasteiger partial charge in [0.1, 0.15) is 6.10 Å². The topological polar surface area (TPSA) is 147 Å². The number of nitrogens with one attached hydrogen (secondary N) is 2. The van der Waals surface area contributed by atoms with Crippen molar-refractivity contribution in [3.8, 4) is 0 Å². The Morgan fingerprint density at radius 3 is 1.53 bits per heavy atom. The Kier molecular flexibility index (Phi) is 11.3. The minimum Gasteiger partial charge on any atom is -0.382 e. The Balaban J connectivity index is 2.01. The normalized spacial score (nSPS) is 10.9. The van der Waals surface area contributed by atoms with Crippen LogP contribution in [0, 0.1) is 0 Å². The predicted octanol–water partition coefficient (Wildman–Crippen LogP) is 0.679. The van der Waals surface area contributed by atoms with Crippen molar-refractivity contribution in [3.05, 3.63) is 70.8 Å². The number of nitrogens with two attached hydrogens (primary N) is 2. The highest BCUT2D eigenvalue weighted by Gasteiger charge is 2.16. The van der Waals surface area contributed by atoms with Crippen LogP contribution < -0.4 is 22.5 Å². The molecule has 0 aliphatic carbocycles. The lowest BCUT2D eigenvalue weighted by Gasteiger charge is -2.20. The standard InChI is InChI=1S/C22H30N4O6/c1-29-10-11-30-12-13-31-14-15-32-20(16-2-6-18(7-3-16)21(27)25-23)17-4-8-19(9-5-17)22(28)26-24/h2-9,20H,10-15,23-24H2,1H3,(H,25,27)(H,26,28). The molecule has 0 bridgehead atoms. The van der Waals surface area contributed by atoms with Crippen LogP contribution in [0.1, 0.15) is 37.9 Å². The summed E-state index contributed by atoms with van der Waals surface area (Å²) in [6.07, 6.45) is -0.429. The van der Waals surface area contributed by atoms with E-state index in [1.54, 1.807) is 55.6 Å². The molecule has 0 heterocycles. The van der Waals surface area contributed by atoms with Gasteiger partial charge in [-0.25, -0.2) is 11.7 Å². The number of rotatable bonds is 14. The molecule has 0 aliphatic heterocycles. The largest absolute Gasteiger partial charge is 0.382 e. The fourth-order valence-electron chi connectivity index (χ4n) is 2.86. The fourth-order valence-corrected chi connectivity index (χ4v) is 2.86. The minimum atomic E-state index is -0.429. The van der Waals surface area contributed by atoms with Gasteiger partial charge in [0.2, 0.25) is 0 Å². The van der Waals surface area contributed by atoms with E-state index in [-0.39, 0.29) is 11.8 Å². The molecule has 174 valence electrons. The molecule has 0 unspecified atom stereocenters. The number of amides is 2. The summed E-state index contributed by atoms with van der Waals surface area (Å²) in [7, 11) is 1.62. The first kappa shape index (κ1) is 25.4. The Labute approximate surface area is 187 Å². The van der Waals surface area contributed by atoms with Gasteiger partial charge in [-0.3, -0.25) is 20.4 Å². The third kappa shape index (κ3) is 8.00. The van der Waals surface area contributed by atoms with Crippen molar-refractivity contribution in [1.82, 2.24) is 10.9 Å². The van der Waals surface area contributed by atoms with Gasteiger partial charge < -0.3 is 18.9 Å². The molecule has 0 saturated carbocycles. The van der Waals surface area contributed by atoms with E-state index in [9.17, 15) is 9.59 Å². The molecule has 0 saturated heterocycles. The summed E-state index contributed by atoms with van der Waals surface area (Å²) in [5, 5.41) is 0. The van der Waals surface area contributed by atoms with Gasteiger partial charge in [0.25, 0.3) is 11.8 Å². The van der Waals surface area contributed by atoms with Crippen LogP contribution in [0.15, 0.2) is 48.5 Å². The van der Waals surface area contributed by atoms with Gasteiger partial charge >= 0.3 is 0 Å². The maximum absolute atomic E-state index is 11.7. The number of benzene rings is 2. The van der Waals surface area contributed by atoms with Gasteiger partial charge in [0.05, 0.1) is 39.6 Å². The van der Waals surface area contributed by atoms with Crippen LogP contribution in [0.25, 0.3) is 0 Å². The average Bonchev–Trinajstić information content (AvgIpc) is 2.84. The number of hydrogen-bond donors (Lipinski definition) is 4. The van der Waals surface area contributed by atoms with E-state index < -0.39 is 6.10 Å². The molecular formula is C22H30N4O6. The molecule has 2 amide bonds. The molecule has 0 aliphatic rings. The van der Waals surface area contributed by atoms with E-state index in [1.807, 2.05) is 0 Å². The average molecular weight is 447 g/mol. The number of carbonyl (C=O) groups is 2. The molecule has 10 nitrogen and oxygen atoms in total. The summed E-state index contributed by atoms with van der Waals surface area (Å²) in [5.74, 6) is 9.61. The van der Waals surface area contributed by atoms with Crippen LogP contribution in [0.5, 0.6) is 0 Å². The van der Waals surface area contributed by atoms with Crippen molar-refractivity contribution >= 4 is 11.8 Å². The molecule has 0 radical (unpaired) electrons. The second-order valence-electron chi connectivity index (χ2n) is 6.66. The molecule has 0 spiro atoms. The highest BCUT2D eigenvalue weighted by Crippen LogP contribution is 2.27. The van der Waals surface area contributed by atoms with Crippen molar-refractivity contribution in [2.75, 3.05) is 46.8 Å². The lowest BCUT2D eigenvalue weighted by molar-refractivity contribution is -0.00820. The number of hydrogen-bond acceptors (Lipinski definition) is 8. The fraction of sp³-hybridized carbons (Fsp3) is 0.364. The molecule has 2 aromatic rings. The lowest BCUT2D eigenvalue weighted by atomic mass is 9.99. The molecular weight excluding hydrogens is 416 g/mol. The maximum atomic E-state index is 11.7. The molecule has 0 fully saturated rings. The second-order valence-corrected chi connectivity index (χ2v) is 6.66. The third-order valence-corrected chi connectivity index (χ3v) is 4.53. The Morgan fingerprint density at radius 2 is 1.12 bits per heavy atom. The molecule has 10 heteroatoms. The zero-order chi connectivity index (χ0) is 23.2. The number of nitrogen functional groups attached to an aromatic ring is 2. The molecule has 2 rings (SSSR count). The minimum absolute atomic E-state index is 0.332. The second kappa shape index (κ2) is 14.2. The van der Waals surface area contributed by atoms with E-state index in [0.29, 0.717) is 50.8 Å². The van der Waals surface area contributed by atoms with Crippen LogP contribution in [-0.2, 0) is 18.9 Å². The highest BCUT2D eigenvalue weighted by molar-refractivity contribution is 5.94. The number of carbonyl (C=O) groups excluding carboxylic acids is 2. The van der Waals surface area contributed by atoms with E-state index in [1.165, 1.54) is 0 Å². The van der Waals surface area contributed by atoms with Gasteiger partial charge in [-0.15, -0.1) is 0 Å². The number of ether oxygens (including phenoxy) is 4. The van der Waals surface area contributed by atoms with Crippen LogP contribution in [-0.4, -0.2) is 58.6 Å². The van der Waals surface area contributed by atoms with Crippen LogP contribution in [0.3, 0.4) is 0 Å². The summed E-state index contributed by atoms with van der Waals surface area (Å²) >= 11 is 0. The van der Waals surface area contributed by atoms with Crippen LogP contribution >= 0.6 is 0 Å². The number of hydrazine groups is 2. The molecule has 6 N–H and O–H groups in total. The molecule has 0 aromatic heterocycles. The highest BCUT2D eigenvalue weighted by atomic mass is 16.6. The Morgan fingerprint density at radius 1 is 0.719 bits per heavy atom. The Hall–Kier alpha value is -2.86. The van der Waals surface area contributed by atoms with Gasteiger partial charge in [0, 0.05) is 18.2 Å². The third-order valence-electron chi connectivity index (χ3n) is 4.53. The van der Waals surface area contributed by atoms with Crippen molar-refractivity contribution in [1.29, 1.82) is 0 Å². The summed E-state index contributed by atoms with van der Waals surface area (Å²) < 4.78 is 21.9. The molecule has 0 atom stereocenters. The lowest BCUT2D eigenvalue weighted by Crippen LogP contribution is -2.30. The first-order valence-corrected chi connectivity index (χ1v) is 10.1. The van der Waals surface area contributed by atoms with Crippen molar-refractivity contribution in [3.63, 3.8) is 0 Å². The van der Waals surface area contributed by atoms with Gasteiger partial charge in [-0.05, 0) is 35.4 Å². The van der Waals surface area contributed by atoms with E-state index >= 15 is 0 Å². The monoisotopic (exact) mass is 446 g/mol. The van der Waals surface area contributed by atoms with Crippen LogP contribution in [0.2, 0.25) is 0 Å². The van der Waals surface area contributed by atoms with E-state index in [4.69, 9.17) is 30.6 Å². The first-order valence-electron chi connectivity index (χ1n) is 10.1. The summed E-state index contributed by atoms with van der Waals surface area (Å²) in [6.45, 7) is 2.70. The van der Waals surface area contributed by atoms with E-state index in [0.717, 1.165) is 11.1 Å². The zero-order valence-corrected chi connectivity index (χ0v) is 18.0. The van der Waals surface area contributed by atoms with Gasteiger partial charge in [-0.1, -0.05) is 24.3 Å². The summed E-state index contributed by atoms with van der Waals surface area (Å²) in [5.41, 5.74) is 6.73. The van der Waals surface area contributed by atoms with Crippen molar-refractivity contribution in [2.24, 2.45) is 11.7 Å². The summed E-state index contributed by atoms with van der Waals surface area (Å²) in [4.78, 5) is 23.4. The van der Waals surface area contributed by atoms with Crippen molar-refractivity contribution in [2.45, 2.75) is 6.10 Å². The van der Waals surface area contributed by atoms with Crippen LogP contribution in [0.4, 0.5) is 0 Å². The molecule has 32 heavy (non-hydrogen) atoms.